The van der Waals surface area contributed by atoms with Crippen LogP contribution in [0, 0.1) is 18.3 Å². The van der Waals surface area contributed by atoms with Crippen LogP contribution in [0.1, 0.15) is 46.9 Å². The number of rotatable bonds is 6. The van der Waals surface area contributed by atoms with Gasteiger partial charge < -0.3 is 9.84 Å². The first kappa shape index (κ1) is 19.0. The number of nitriles is 1. The van der Waals surface area contributed by atoms with Gasteiger partial charge in [-0.2, -0.15) is 5.26 Å². The Kier molecular flexibility index (Phi) is 5.63. The molecule has 6 nitrogen and oxygen atoms in total. The van der Waals surface area contributed by atoms with Crippen LogP contribution in [-0.4, -0.2) is 22.1 Å². The van der Waals surface area contributed by atoms with Crippen molar-refractivity contribution in [2.24, 2.45) is 0 Å². The molecule has 0 saturated carbocycles. The fourth-order valence-electron chi connectivity index (χ4n) is 2.67. The number of ether oxygens (including phenoxy) is 1. The summed E-state index contributed by atoms with van der Waals surface area (Å²) in [4.78, 5) is 25.3. The van der Waals surface area contributed by atoms with Crippen LogP contribution in [-0.2, 0) is 0 Å². The van der Waals surface area contributed by atoms with Crippen molar-refractivity contribution in [2.75, 3.05) is 6.61 Å². The zero-order chi connectivity index (χ0) is 19.4. The average Bonchev–Trinajstić information content (AvgIpc) is 2.60. The average molecular weight is 352 g/mol. The first-order valence-corrected chi connectivity index (χ1v) is 8.10. The van der Waals surface area contributed by atoms with E-state index in [-0.39, 0.29) is 16.7 Å². The summed E-state index contributed by atoms with van der Waals surface area (Å²) in [6, 6.07) is 7.83. The molecule has 1 aromatic heterocycles. The molecule has 134 valence electrons. The summed E-state index contributed by atoms with van der Waals surface area (Å²) in [5.41, 5.74) is -0.321. The largest absolute Gasteiger partial charge is 0.494 e. The summed E-state index contributed by atoms with van der Waals surface area (Å²) in [5, 5.41) is 19.9. The van der Waals surface area contributed by atoms with Crippen molar-refractivity contribution < 1.29 is 14.6 Å². The second-order valence-electron chi connectivity index (χ2n) is 6.03. The van der Waals surface area contributed by atoms with Gasteiger partial charge in [0.1, 0.15) is 24.0 Å². The fraction of sp³-hybridized carbons (Fsp3) is 0.250. The van der Waals surface area contributed by atoms with Crippen LogP contribution >= 0.6 is 0 Å². The SMILES string of the molecule is C=CCOc1ccc(C(=O)c2c(C)c(C#N)c(=O)n(C(C)C)c2O)cc1. The minimum Gasteiger partial charge on any atom is -0.494 e. The number of aromatic hydroxyl groups is 1. The Morgan fingerprint density at radius 2 is 2.00 bits per heavy atom. The van der Waals surface area contributed by atoms with E-state index in [9.17, 15) is 20.0 Å². The lowest BCUT2D eigenvalue weighted by Gasteiger charge is -2.18. The number of ketones is 1. The maximum atomic E-state index is 12.9. The van der Waals surface area contributed by atoms with Crippen LogP contribution in [0.15, 0.2) is 41.7 Å². The van der Waals surface area contributed by atoms with Crippen LogP contribution in [0.5, 0.6) is 11.6 Å². The molecule has 0 bridgehead atoms. The Bertz CT molecular complexity index is 948. The molecule has 0 saturated heterocycles. The van der Waals surface area contributed by atoms with Crippen molar-refractivity contribution >= 4 is 5.78 Å². The topological polar surface area (TPSA) is 92.3 Å². The molecule has 1 aromatic carbocycles. The summed E-state index contributed by atoms with van der Waals surface area (Å²) in [5.74, 6) is -0.327. The zero-order valence-electron chi connectivity index (χ0n) is 14.9. The lowest BCUT2D eigenvalue weighted by atomic mass is 9.97. The third kappa shape index (κ3) is 3.38. The van der Waals surface area contributed by atoms with E-state index in [0.29, 0.717) is 17.9 Å². The highest BCUT2D eigenvalue weighted by molar-refractivity contribution is 6.11. The summed E-state index contributed by atoms with van der Waals surface area (Å²) < 4.78 is 6.43. The summed E-state index contributed by atoms with van der Waals surface area (Å²) in [6.07, 6.45) is 1.61. The standard InChI is InChI=1S/C20H20N2O4/c1-5-10-26-15-8-6-14(7-9-15)18(23)17-13(4)16(11-21)19(24)22(12(2)3)20(17)25/h5-9,12,25H,1,10H2,2-4H3. The zero-order valence-corrected chi connectivity index (χ0v) is 14.9. The number of aromatic nitrogens is 1. The predicted molar refractivity (Wildman–Crippen MR) is 97.8 cm³/mol. The molecular formula is C20H20N2O4. The molecule has 0 radical (unpaired) electrons. The molecule has 1 N–H and O–H groups in total. The number of carbonyl (C=O) groups excluding carboxylic acids is 1. The van der Waals surface area contributed by atoms with Gasteiger partial charge in [-0.05, 0) is 50.6 Å². The van der Waals surface area contributed by atoms with E-state index < -0.39 is 23.3 Å². The monoisotopic (exact) mass is 352 g/mol. The van der Waals surface area contributed by atoms with Crippen LogP contribution in [0.25, 0.3) is 0 Å². The van der Waals surface area contributed by atoms with Crippen LogP contribution in [0.2, 0.25) is 0 Å². The molecule has 0 aliphatic carbocycles. The molecule has 0 aliphatic heterocycles. The maximum Gasteiger partial charge on any atom is 0.271 e. The van der Waals surface area contributed by atoms with Crippen LogP contribution in [0.3, 0.4) is 0 Å². The van der Waals surface area contributed by atoms with Crippen molar-refractivity contribution in [3.63, 3.8) is 0 Å². The molecule has 0 fully saturated rings. The second kappa shape index (κ2) is 7.70. The third-order valence-electron chi connectivity index (χ3n) is 3.97. The highest BCUT2D eigenvalue weighted by Gasteiger charge is 2.25. The molecule has 0 atom stereocenters. The predicted octanol–water partition coefficient (Wildman–Crippen LogP) is 3.11. The number of benzene rings is 1. The van der Waals surface area contributed by atoms with Gasteiger partial charge in [0, 0.05) is 11.6 Å². The first-order valence-electron chi connectivity index (χ1n) is 8.10. The molecule has 2 rings (SSSR count). The first-order chi connectivity index (χ1) is 12.3. The van der Waals surface area contributed by atoms with Crippen molar-refractivity contribution in [1.82, 2.24) is 4.57 Å². The van der Waals surface area contributed by atoms with Gasteiger partial charge in [-0.1, -0.05) is 12.7 Å². The van der Waals surface area contributed by atoms with Gasteiger partial charge in [-0.25, -0.2) is 0 Å². The number of hydrogen-bond acceptors (Lipinski definition) is 5. The highest BCUT2D eigenvalue weighted by atomic mass is 16.5. The van der Waals surface area contributed by atoms with E-state index in [4.69, 9.17) is 4.74 Å². The van der Waals surface area contributed by atoms with E-state index in [2.05, 4.69) is 6.58 Å². The molecule has 0 aliphatic rings. The summed E-state index contributed by atoms with van der Waals surface area (Å²) in [7, 11) is 0. The molecule has 0 spiro atoms. The third-order valence-corrected chi connectivity index (χ3v) is 3.97. The Balaban J connectivity index is 2.59. The minimum atomic E-state index is -0.609. The Hall–Kier alpha value is -3.33. The number of pyridine rings is 1. The van der Waals surface area contributed by atoms with Crippen molar-refractivity contribution in [3.8, 4) is 17.7 Å². The minimum absolute atomic E-state index is 0.0467. The summed E-state index contributed by atoms with van der Waals surface area (Å²) >= 11 is 0. The lowest BCUT2D eigenvalue weighted by Crippen LogP contribution is -2.28. The normalized spacial score (nSPS) is 10.4. The Morgan fingerprint density at radius 1 is 1.38 bits per heavy atom. The van der Waals surface area contributed by atoms with Gasteiger partial charge in [-0.15, -0.1) is 0 Å². The van der Waals surface area contributed by atoms with Gasteiger partial charge in [0.2, 0.25) is 5.88 Å². The fourth-order valence-corrected chi connectivity index (χ4v) is 2.67. The van der Waals surface area contributed by atoms with Crippen molar-refractivity contribution in [3.05, 3.63) is 69.5 Å². The van der Waals surface area contributed by atoms with E-state index in [0.717, 1.165) is 4.57 Å². The summed E-state index contributed by atoms with van der Waals surface area (Å²) in [6.45, 7) is 8.78. The molecule has 2 aromatic rings. The van der Waals surface area contributed by atoms with Gasteiger partial charge in [-0.3, -0.25) is 14.2 Å². The molecule has 0 amide bonds. The Labute approximate surface area is 151 Å². The van der Waals surface area contributed by atoms with Gasteiger partial charge in [0.25, 0.3) is 5.56 Å². The molecule has 1 heterocycles. The van der Waals surface area contributed by atoms with Crippen molar-refractivity contribution in [2.45, 2.75) is 26.8 Å². The van der Waals surface area contributed by atoms with Crippen LogP contribution < -0.4 is 10.3 Å². The van der Waals surface area contributed by atoms with Gasteiger partial charge >= 0.3 is 0 Å². The quantitative estimate of drug-likeness (QED) is 0.637. The maximum absolute atomic E-state index is 12.9. The smallest absolute Gasteiger partial charge is 0.271 e. The second-order valence-corrected chi connectivity index (χ2v) is 6.03. The number of hydrogen-bond donors (Lipinski definition) is 1. The van der Waals surface area contributed by atoms with E-state index in [1.165, 1.54) is 6.92 Å². The van der Waals surface area contributed by atoms with E-state index >= 15 is 0 Å². The molecule has 26 heavy (non-hydrogen) atoms. The van der Waals surface area contributed by atoms with Crippen LogP contribution in [0.4, 0.5) is 0 Å². The highest BCUT2D eigenvalue weighted by Crippen LogP contribution is 2.27. The molecule has 6 heteroatoms. The number of nitrogens with zero attached hydrogens (tertiary/aromatic N) is 2. The Morgan fingerprint density at radius 3 is 2.50 bits per heavy atom. The van der Waals surface area contributed by atoms with Gasteiger partial charge in [0.15, 0.2) is 5.78 Å². The molecular weight excluding hydrogens is 332 g/mol. The molecule has 0 unspecified atom stereocenters. The van der Waals surface area contributed by atoms with E-state index in [1.807, 2.05) is 6.07 Å². The number of carbonyl (C=O) groups is 1. The van der Waals surface area contributed by atoms with E-state index in [1.54, 1.807) is 44.2 Å². The lowest BCUT2D eigenvalue weighted by molar-refractivity contribution is 0.103. The van der Waals surface area contributed by atoms with Crippen molar-refractivity contribution in [1.29, 1.82) is 5.26 Å². The van der Waals surface area contributed by atoms with Gasteiger partial charge in [0.05, 0.1) is 5.56 Å².